The van der Waals surface area contributed by atoms with Crippen molar-refractivity contribution >= 4 is 22.5 Å². The molecule has 1 heterocycles. The summed E-state index contributed by atoms with van der Waals surface area (Å²) in [7, 11) is 1.55. The summed E-state index contributed by atoms with van der Waals surface area (Å²) < 4.78 is 10.7. The smallest absolute Gasteiger partial charge is 0.194 e. The van der Waals surface area contributed by atoms with Gasteiger partial charge in [-0.15, -0.1) is 0 Å². The molecule has 0 radical (unpaired) electrons. The van der Waals surface area contributed by atoms with Crippen molar-refractivity contribution in [2.24, 2.45) is 0 Å². The summed E-state index contributed by atoms with van der Waals surface area (Å²) in [5, 5.41) is 0.855. The summed E-state index contributed by atoms with van der Waals surface area (Å²) in [5.74, 6) is 0.304. The van der Waals surface area contributed by atoms with E-state index in [1.807, 2.05) is 6.92 Å². The lowest BCUT2D eigenvalue weighted by atomic mass is 9.81. The van der Waals surface area contributed by atoms with Gasteiger partial charge in [0, 0.05) is 33.2 Å². The summed E-state index contributed by atoms with van der Waals surface area (Å²) in [4.78, 5) is 25.8. The van der Waals surface area contributed by atoms with Crippen LogP contribution in [-0.2, 0) is 0 Å². The molecule has 0 saturated heterocycles. The van der Waals surface area contributed by atoms with E-state index < -0.39 is 0 Å². The number of fused-ring (bicyclic) bond motifs is 3. The molecule has 0 fully saturated rings. The van der Waals surface area contributed by atoms with Crippen LogP contribution in [0.2, 0.25) is 0 Å². The van der Waals surface area contributed by atoms with Crippen LogP contribution < -0.4 is 4.74 Å². The van der Waals surface area contributed by atoms with E-state index >= 15 is 0 Å². The maximum atomic E-state index is 13.0. The topological polar surface area (TPSA) is 56.5 Å². The zero-order valence-electron chi connectivity index (χ0n) is 13.0. The monoisotopic (exact) mass is 306 g/mol. The van der Waals surface area contributed by atoms with Gasteiger partial charge in [-0.25, -0.2) is 0 Å². The molecule has 0 atom stereocenters. The zero-order chi connectivity index (χ0) is 16.3. The van der Waals surface area contributed by atoms with Crippen LogP contribution in [-0.4, -0.2) is 18.7 Å². The third kappa shape index (κ3) is 1.72. The minimum Gasteiger partial charge on any atom is -0.496 e. The number of hydrogen-bond donors (Lipinski definition) is 0. The van der Waals surface area contributed by atoms with Crippen molar-refractivity contribution in [3.05, 3.63) is 63.9 Å². The second-order valence-corrected chi connectivity index (χ2v) is 5.79. The lowest BCUT2D eigenvalue weighted by Gasteiger charge is -2.20. The Bertz CT molecular complexity index is 1010. The first-order chi connectivity index (χ1) is 11.0. The minimum atomic E-state index is -0.156. The van der Waals surface area contributed by atoms with Gasteiger partial charge in [-0.05, 0) is 43.7 Å². The van der Waals surface area contributed by atoms with Gasteiger partial charge in [-0.3, -0.25) is 9.59 Å². The van der Waals surface area contributed by atoms with Crippen molar-refractivity contribution in [2.45, 2.75) is 13.8 Å². The highest BCUT2D eigenvalue weighted by molar-refractivity contribution is 6.30. The fourth-order valence-corrected chi connectivity index (χ4v) is 3.25. The summed E-state index contributed by atoms with van der Waals surface area (Å²) in [6.45, 7) is 3.71. The van der Waals surface area contributed by atoms with Crippen LogP contribution in [0.4, 0.5) is 0 Å². The molecular formula is C19H14O4. The Morgan fingerprint density at radius 1 is 0.957 bits per heavy atom. The van der Waals surface area contributed by atoms with Crippen LogP contribution >= 0.6 is 0 Å². The van der Waals surface area contributed by atoms with E-state index in [-0.39, 0.29) is 11.6 Å². The second-order valence-electron chi connectivity index (χ2n) is 5.79. The van der Waals surface area contributed by atoms with E-state index in [4.69, 9.17) is 9.15 Å². The van der Waals surface area contributed by atoms with Gasteiger partial charge in [-0.1, -0.05) is 0 Å². The van der Waals surface area contributed by atoms with Gasteiger partial charge in [-0.2, -0.15) is 0 Å². The van der Waals surface area contributed by atoms with Crippen LogP contribution in [0.3, 0.4) is 0 Å². The number of hydrogen-bond acceptors (Lipinski definition) is 4. The third-order valence-electron chi connectivity index (χ3n) is 4.50. The van der Waals surface area contributed by atoms with Gasteiger partial charge in [0.1, 0.15) is 11.3 Å². The Kier molecular flexibility index (Phi) is 2.73. The van der Waals surface area contributed by atoms with Crippen molar-refractivity contribution in [2.75, 3.05) is 7.11 Å². The van der Waals surface area contributed by atoms with E-state index in [1.165, 1.54) is 0 Å². The number of ketones is 2. The van der Waals surface area contributed by atoms with Crippen molar-refractivity contribution in [3.8, 4) is 5.75 Å². The molecule has 0 N–H and O–H groups in total. The van der Waals surface area contributed by atoms with E-state index in [0.717, 1.165) is 10.9 Å². The van der Waals surface area contributed by atoms with Gasteiger partial charge >= 0.3 is 0 Å². The van der Waals surface area contributed by atoms with Crippen LogP contribution in [0.1, 0.15) is 43.0 Å². The molecule has 1 aliphatic carbocycles. The SMILES string of the molecule is COc1ccc2c(c1C)C(=O)c1cc3c(C)coc3cc1C2=O. The van der Waals surface area contributed by atoms with Crippen molar-refractivity contribution < 1.29 is 18.7 Å². The average Bonchev–Trinajstić information content (AvgIpc) is 2.91. The lowest BCUT2D eigenvalue weighted by molar-refractivity contribution is 0.0978. The van der Waals surface area contributed by atoms with E-state index in [1.54, 1.807) is 44.6 Å². The first kappa shape index (κ1) is 13.8. The third-order valence-corrected chi connectivity index (χ3v) is 4.50. The summed E-state index contributed by atoms with van der Waals surface area (Å²) in [6.07, 6.45) is 1.63. The summed E-state index contributed by atoms with van der Waals surface area (Å²) in [6, 6.07) is 6.80. The molecule has 0 amide bonds. The second kappa shape index (κ2) is 4.56. The number of rotatable bonds is 1. The number of carbonyl (C=O) groups excluding carboxylic acids is 2. The molecule has 1 aromatic heterocycles. The quantitative estimate of drug-likeness (QED) is 0.536. The number of carbonyl (C=O) groups is 2. The molecule has 23 heavy (non-hydrogen) atoms. The fraction of sp³-hybridized carbons (Fsp3) is 0.158. The Morgan fingerprint density at radius 2 is 1.70 bits per heavy atom. The van der Waals surface area contributed by atoms with E-state index in [2.05, 4.69) is 0 Å². The molecule has 0 saturated carbocycles. The summed E-state index contributed by atoms with van der Waals surface area (Å²) in [5.41, 5.74) is 3.93. The van der Waals surface area contributed by atoms with Gasteiger partial charge in [0.25, 0.3) is 0 Å². The van der Waals surface area contributed by atoms with Crippen LogP contribution in [0, 0.1) is 13.8 Å². The molecule has 4 heteroatoms. The maximum Gasteiger partial charge on any atom is 0.194 e. The Balaban J connectivity index is 2.05. The number of ether oxygens (including phenoxy) is 1. The average molecular weight is 306 g/mol. The van der Waals surface area contributed by atoms with Crippen molar-refractivity contribution in [1.82, 2.24) is 0 Å². The first-order valence-electron chi connectivity index (χ1n) is 7.31. The Hall–Kier alpha value is -2.88. The van der Waals surface area contributed by atoms with Crippen LogP contribution in [0.5, 0.6) is 5.75 Å². The first-order valence-corrected chi connectivity index (χ1v) is 7.31. The molecule has 3 aromatic rings. The molecule has 0 aliphatic heterocycles. The Labute approximate surface area is 132 Å². The van der Waals surface area contributed by atoms with E-state index in [0.29, 0.717) is 39.1 Å². The lowest BCUT2D eigenvalue weighted by Crippen LogP contribution is -2.22. The number of furan rings is 1. The molecule has 4 rings (SSSR count). The van der Waals surface area contributed by atoms with Crippen molar-refractivity contribution in [3.63, 3.8) is 0 Å². The highest BCUT2D eigenvalue weighted by Gasteiger charge is 2.32. The molecular weight excluding hydrogens is 292 g/mol. The standard InChI is InChI=1S/C19H14O4/c1-9-8-23-16-7-14-13(6-12(9)16)19(21)17-10(2)15(22-3)5-4-11(17)18(14)20/h4-8H,1-3H3. The number of aryl methyl sites for hydroxylation is 1. The van der Waals surface area contributed by atoms with Crippen molar-refractivity contribution in [1.29, 1.82) is 0 Å². The van der Waals surface area contributed by atoms with Crippen LogP contribution in [0.25, 0.3) is 11.0 Å². The van der Waals surface area contributed by atoms with Crippen LogP contribution in [0.15, 0.2) is 34.9 Å². The summed E-state index contributed by atoms with van der Waals surface area (Å²) >= 11 is 0. The highest BCUT2D eigenvalue weighted by atomic mass is 16.5. The number of benzene rings is 2. The molecule has 114 valence electrons. The molecule has 0 unspecified atom stereocenters. The molecule has 4 nitrogen and oxygen atoms in total. The molecule has 1 aliphatic rings. The molecule has 2 aromatic carbocycles. The maximum absolute atomic E-state index is 13.0. The zero-order valence-corrected chi connectivity index (χ0v) is 13.0. The fourth-order valence-electron chi connectivity index (χ4n) is 3.25. The highest BCUT2D eigenvalue weighted by Crippen LogP contribution is 2.36. The van der Waals surface area contributed by atoms with Gasteiger partial charge in [0.15, 0.2) is 11.6 Å². The predicted octanol–water partition coefficient (Wildman–Crippen LogP) is 3.83. The number of methoxy groups -OCH3 is 1. The van der Waals surface area contributed by atoms with E-state index in [9.17, 15) is 9.59 Å². The molecule has 0 spiro atoms. The van der Waals surface area contributed by atoms with Gasteiger partial charge in [0.2, 0.25) is 0 Å². The predicted molar refractivity (Wildman–Crippen MR) is 85.5 cm³/mol. The minimum absolute atomic E-state index is 0.145. The normalized spacial score (nSPS) is 13.2. The van der Waals surface area contributed by atoms with Gasteiger partial charge in [0.05, 0.1) is 13.4 Å². The molecule has 0 bridgehead atoms. The largest absolute Gasteiger partial charge is 0.496 e. The van der Waals surface area contributed by atoms with Gasteiger partial charge < -0.3 is 9.15 Å². The Morgan fingerprint density at radius 3 is 2.43 bits per heavy atom.